The highest BCUT2D eigenvalue weighted by atomic mass is 127. The van der Waals surface area contributed by atoms with Gasteiger partial charge >= 0.3 is 5.69 Å². The van der Waals surface area contributed by atoms with Crippen LogP contribution >= 0.6 is 22.6 Å². The first-order chi connectivity index (χ1) is 13.4. The molecule has 0 unspecified atom stereocenters. The van der Waals surface area contributed by atoms with Crippen LogP contribution in [0.4, 0.5) is 34.4 Å². The molecule has 0 spiro atoms. The molecule has 1 aromatic heterocycles. The first-order valence-corrected chi connectivity index (χ1v) is 8.80. The number of benzene rings is 2. The molecule has 0 saturated carbocycles. The van der Waals surface area contributed by atoms with Crippen LogP contribution in [0.5, 0.6) is 0 Å². The van der Waals surface area contributed by atoms with Gasteiger partial charge in [-0.15, -0.1) is 0 Å². The SMILES string of the molecule is O=[N+]([O-])c1ccc(NNc2ncnc(Nc3ccc(I)cc3)c2[N+](=O)[O-])cc1. The molecule has 2 aromatic carbocycles. The summed E-state index contributed by atoms with van der Waals surface area (Å²) in [7, 11) is 0. The monoisotopic (exact) mass is 493 g/mol. The molecule has 28 heavy (non-hydrogen) atoms. The van der Waals surface area contributed by atoms with Gasteiger partial charge in [-0.3, -0.25) is 31.1 Å². The summed E-state index contributed by atoms with van der Waals surface area (Å²) in [5.74, 6) is -0.0411. The van der Waals surface area contributed by atoms with Gasteiger partial charge in [0.15, 0.2) is 0 Å². The van der Waals surface area contributed by atoms with Crippen molar-refractivity contribution in [3.8, 4) is 0 Å². The zero-order chi connectivity index (χ0) is 20.1. The molecular weight excluding hydrogens is 481 g/mol. The standard InChI is InChI=1S/C16H12IN7O4/c17-10-1-3-11(4-2-10)20-15-14(24(27)28)16(19-9-18-15)22-21-12-5-7-13(8-6-12)23(25)26/h1-9,21H,(H2,18,19,20,22). The summed E-state index contributed by atoms with van der Waals surface area (Å²) in [5, 5.41) is 25.1. The lowest BCUT2D eigenvalue weighted by Gasteiger charge is -2.11. The van der Waals surface area contributed by atoms with E-state index < -0.39 is 9.85 Å². The molecule has 0 aliphatic rings. The third kappa shape index (κ3) is 4.59. The van der Waals surface area contributed by atoms with Crippen molar-refractivity contribution >= 4 is 57.0 Å². The van der Waals surface area contributed by atoms with E-state index in [0.29, 0.717) is 11.4 Å². The summed E-state index contributed by atoms with van der Waals surface area (Å²) in [6.07, 6.45) is 1.18. The van der Waals surface area contributed by atoms with Gasteiger partial charge in [-0.05, 0) is 59.0 Å². The highest BCUT2D eigenvalue weighted by molar-refractivity contribution is 14.1. The molecule has 0 amide bonds. The van der Waals surface area contributed by atoms with Crippen molar-refractivity contribution in [1.82, 2.24) is 9.97 Å². The van der Waals surface area contributed by atoms with E-state index >= 15 is 0 Å². The molecule has 3 N–H and O–H groups in total. The molecule has 0 aliphatic carbocycles. The number of aromatic nitrogens is 2. The second-order valence-electron chi connectivity index (χ2n) is 5.36. The van der Waals surface area contributed by atoms with Gasteiger partial charge in [0.05, 0.1) is 15.5 Å². The van der Waals surface area contributed by atoms with E-state index in [0.717, 1.165) is 3.57 Å². The summed E-state index contributed by atoms with van der Waals surface area (Å²) in [6.45, 7) is 0. The second-order valence-corrected chi connectivity index (χ2v) is 6.61. The maximum absolute atomic E-state index is 11.6. The molecule has 0 radical (unpaired) electrons. The summed E-state index contributed by atoms with van der Waals surface area (Å²) >= 11 is 2.15. The number of nitrogens with one attached hydrogen (secondary N) is 3. The highest BCUT2D eigenvalue weighted by Crippen LogP contribution is 2.31. The number of nitro benzene ring substituents is 1. The lowest BCUT2D eigenvalue weighted by Crippen LogP contribution is -2.13. The van der Waals surface area contributed by atoms with Gasteiger partial charge < -0.3 is 5.32 Å². The number of hydrogen-bond donors (Lipinski definition) is 3. The van der Waals surface area contributed by atoms with Crippen LogP contribution in [-0.4, -0.2) is 19.8 Å². The smallest absolute Gasteiger partial charge is 0.334 e. The molecule has 11 nitrogen and oxygen atoms in total. The predicted molar refractivity (Wildman–Crippen MR) is 111 cm³/mol. The fourth-order valence-electron chi connectivity index (χ4n) is 2.20. The molecule has 3 aromatic rings. The van der Waals surface area contributed by atoms with E-state index in [9.17, 15) is 20.2 Å². The van der Waals surface area contributed by atoms with Gasteiger partial charge in [0.1, 0.15) is 6.33 Å². The van der Waals surface area contributed by atoms with Crippen molar-refractivity contribution in [2.75, 3.05) is 16.2 Å². The fourth-order valence-corrected chi connectivity index (χ4v) is 2.56. The normalized spacial score (nSPS) is 10.2. The Kier molecular flexibility index (Phi) is 5.78. The van der Waals surface area contributed by atoms with Gasteiger partial charge in [-0.1, -0.05) is 0 Å². The van der Waals surface area contributed by atoms with Gasteiger partial charge in [0.25, 0.3) is 5.69 Å². The van der Waals surface area contributed by atoms with E-state index in [-0.39, 0.29) is 23.0 Å². The Bertz CT molecular complexity index is 1010. The van der Waals surface area contributed by atoms with Gasteiger partial charge in [0, 0.05) is 21.4 Å². The van der Waals surface area contributed by atoms with Crippen molar-refractivity contribution in [1.29, 1.82) is 0 Å². The Morgan fingerprint density at radius 2 is 1.39 bits per heavy atom. The molecular formula is C16H12IN7O4. The van der Waals surface area contributed by atoms with Crippen molar-refractivity contribution < 1.29 is 9.85 Å². The van der Waals surface area contributed by atoms with Crippen LogP contribution in [0.3, 0.4) is 0 Å². The molecule has 3 rings (SSSR count). The number of non-ortho nitro benzene ring substituents is 1. The maximum Gasteiger partial charge on any atom is 0.355 e. The largest absolute Gasteiger partial charge is 0.355 e. The summed E-state index contributed by atoms with van der Waals surface area (Å²) in [4.78, 5) is 29.0. The molecule has 0 atom stereocenters. The molecule has 0 saturated heterocycles. The van der Waals surface area contributed by atoms with Crippen molar-refractivity contribution in [2.45, 2.75) is 0 Å². The number of halogens is 1. The summed E-state index contributed by atoms with van der Waals surface area (Å²) in [6, 6.07) is 12.8. The average Bonchev–Trinajstić information content (AvgIpc) is 2.68. The number of rotatable bonds is 7. The molecule has 0 aliphatic heterocycles. The van der Waals surface area contributed by atoms with Crippen LogP contribution < -0.4 is 16.2 Å². The molecule has 142 valence electrons. The van der Waals surface area contributed by atoms with Crippen molar-refractivity contribution in [2.24, 2.45) is 0 Å². The highest BCUT2D eigenvalue weighted by Gasteiger charge is 2.23. The first kappa shape index (κ1) is 19.2. The lowest BCUT2D eigenvalue weighted by molar-refractivity contribution is -0.384. The minimum Gasteiger partial charge on any atom is -0.334 e. The van der Waals surface area contributed by atoms with Crippen molar-refractivity contribution in [3.63, 3.8) is 0 Å². The molecule has 0 fully saturated rings. The van der Waals surface area contributed by atoms with Gasteiger partial charge in [-0.2, -0.15) is 0 Å². The Hall–Kier alpha value is -3.55. The third-order valence-electron chi connectivity index (χ3n) is 3.52. The van der Waals surface area contributed by atoms with Gasteiger partial charge in [-0.25, -0.2) is 9.97 Å². The second kappa shape index (κ2) is 8.43. The number of hydrazine groups is 1. The number of anilines is 4. The van der Waals surface area contributed by atoms with Crippen LogP contribution in [0.25, 0.3) is 0 Å². The summed E-state index contributed by atoms with van der Waals surface area (Å²) in [5.41, 5.74) is 6.05. The maximum atomic E-state index is 11.6. The minimum absolute atomic E-state index is 0.0224. The molecule has 12 heteroatoms. The Balaban J connectivity index is 1.81. The molecule has 0 bridgehead atoms. The van der Waals surface area contributed by atoms with Gasteiger partial charge in [0.2, 0.25) is 11.6 Å². The number of hydrogen-bond acceptors (Lipinski definition) is 9. The number of nitrogens with zero attached hydrogens (tertiary/aromatic N) is 4. The topological polar surface area (TPSA) is 148 Å². The van der Waals surface area contributed by atoms with Crippen LogP contribution in [0.15, 0.2) is 54.9 Å². The first-order valence-electron chi connectivity index (χ1n) is 7.72. The number of nitro groups is 2. The zero-order valence-corrected chi connectivity index (χ0v) is 16.2. The Labute approximate surface area is 171 Å². The Morgan fingerprint density at radius 1 is 0.786 bits per heavy atom. The Morgan fingerprint density at radius 3 is 2.00 bits per heavy atom. The van der Waals surface area contributed by atoms with E-state index in [1.165, 1.54) is 30.6 Å². The van der Waals surface area contributed by atoms with E-state index in [4.69, 9.17) is 0 Å². The minimum atomic E-state index is -0.602. The van der Waals surface area contributed by atoms with E-state index in [1.807, 2.05) is 12.1 Å². The van der Waals surface area contributed by atoms with Crippen LogP contribution in [0.1, 0.15) is 0 Å². The van der Waals surface area contributed by atoms with Crippen LogP contribution in [0.2, 0.25) is 0 Å². The zero-order valence-electron chi connectivity index (χ0n) is 14.0. The predicted octanol–water partition coefficient (Wildman–Crippen LogP) is 4.08. The lowest BCUT2D eigenvalue weighted by atomic mass is 10.3. The van der Waals surface area contributed by atoms with Crippen molar-refractivity contribution in [3.05, 3.63) is 78.7 Å². The van der Waals surface area contributed by atoms with E-state index in [2.05, 4.69) is 48.7 Å². The quantitative estimate of drug-likeness (QED) is 0.252. The average molecular weight is 493 g/mol. The molecule has 1 heterocycles. The van der Waals surface area contributed by atoms with E-state index in [1.54, 1.807) is 12.1 Å². The van der Waals surface area contributed by atoms with Crippen LogP contribution in [0, 0.1) is 23.8 Å². The summed E-state index contributed by atoms with van der Waals surface area (Å²) < 4.78 is 1.02. The third-order valence-corrected chi connectivity index (χ3v) is 4.23. The van der Waals surface area contributed by atoms with Crippen LogP contribution in [-0.2, 0) is 0 Å². The fraction of sp³-hybridized carbons (Fsp3) is 0.